The van der Waals surface area contributed by atoms with E-state index in [0.29, 0.717) is 19.0 Å². The van der Waals surface area contributed by atoms with Gasteiger partial charge in [0.1, 0.15) is 0 Å². The fourth-order valence-corrected chi connectivity index (χ4v) is 3.89. The maximum absolute atomic E-state index is 12.0. The number of rotatable bonds is 6. The van der Waals surface area contributed by atoms with E-state index in [0.717, 1.165) is 42.9 Å². The minimum Gasteiger partial charge on any atom is -0.396 e. The maximum atomic E-state index is 12.0. The largest absolute Gasteiger partial charge is 0.396 e. The van der Waals surface area contributed by atoms with Gasteiger partial charge in [0.25, 0.3) is 0 Å². The third-order valence-corrected chi connectivity index (χ3v) is 5.43. The molecule has 124 valence electrons. The lowest BCUT2D eigenvalue weighted by Gasteiger charge is -2.30. The van der Waals surface area contributed by atoms with Gasteiger partial charge in [0, 0.05) is 19.6 Å². The molecule has 6 heteroatoms. The average molecular weight is 333 g/mol. The average Bonchev–Trinajstić information content (AvgIpc) is 2.98. The van der Waals surface area contributed by atoms with Crippen molar-refractivity contribution in [3.63, 3.8) is 0 Å². The Hall–Kier alpha value is -1.50. The Morgan fingerprint density at radius 2 is 2.13 bits per heavy atom. The van der Waals surface area contributed by atoms with E-state index in [2.05, 4.69) is 21.3 Å². The van der Waals surface area contributed by atoms with Gasteiger partial charge < -0.3 is 10.4 Å². The molecule has 1 saturated heterocycles. The van der Waals surface area contributed by atoms with Crippen LogP contribution in [0.25, 0.3) is 10.2 Å². The van der Waals surface area contributed by atoms with Gasteiger partial charge in [-0.2, -0.15) is 0 Å². The number of hydrogen-bond donors (Lipinski definition) is 2. The van der Waals surface area contributed by atoms with Crippen molar-refractivity contribution in [2.45, 2.75) is 19.3 Å². The van der Waals surface area contributed by atoms with Gasteiger partial charge in [0.15, 0.2) is 0 Å². The molecule has 0 bridgehead atoms. The van der Waals surface area contributed by atoms with Crippen LogP contribution >= 0.6 is 11.3 Å². The fraction of sp³-hybridized carbons (Fsp3) is 0.529. The second kappa shape index (κ2) is 7.86. The number of nitrogens with one attached hydrogen (secondary N) is 1. The topological polar surface area (TPSA) is 65.5 Å². The first-order valence-electron chi connectivity index (χ1n) is 8.19. The summed E-state index contributed by atoms with van der Waals surface area (Å²) in [6, 6.07) is 8.11. The number of nitrogens with zero attached hydrogens (tertiary/aromatic N) is 2. The monoisotopic (exact) mass is 333 g/mol. The third kappa shape index (κ3) is 4.50. The Labute approximate surface area is 140 Å². The van der Waals surface area contributed by atoms with Gasteiger partial charge >= 0.3 is 0 Å². The van der Waals surface area contributed by atoms with Gasteiger partial charge in [0.05, 0.1) is 21.8 Å². The first kappa shape index (κ1) is 16.4. The van der Waals surface area contributed by atoms with Crippen LogP contribution in [0.15, 0.2) is 24.3 Å². The zero-order valence-corrected chi connectivity index (χ0v) is 14.0. The Balaban J connectivity index is 1.39. The number of para-hydroxylation sites is 1. The van der Waals surface area contributed by atoms with Gasteiger partial charge in [-0.25, -0.2) is 4.98 Å². The zero-order valence-electron chi connectivity index (χ0n) is 13.2. The van der Waals surface area contributed by atoms with Crippen molar-refractivity contribution in [3.8, 4) is 0 Å². The van der Waals surface area contributed by atoms with Crippen molar-refractivity contribution in [1.29, 1.82) is 0 Å². The molecule has 5 nitrogen and oxygen atoms in total. The standard InChI is InChI=1S/C17H23N3O2S/c21-12-13-6-9-20(10-7-13)11-16(22)18-8-5-17-19-14-3-1-2-4-15(14)23-17/h1-4,13,21H,5-12H2,(H,18,22). The summed E-state index contributed by atoms with van der Waals surface area (Å²) in [5.41, 5.74) is 1.03. The minimum atomic E-state index is 0.0774. The molecule has 1 aliphatic rings. The molecular weight excluding hydrogens is 310 g/mol. The van der Waals surface area contributed by atoms with E-state index < -0.39 is 0 Å². The molecule has 1 fully saturated rings. The summed E-state index contributed by atoms with van der Waals surface area (Å²) >= 11 is 1.69. The van der Waals surface area contributed by atoms with E-state index in [4.69, 9.17) is 5.11 Å². The second-order valence-electron chi connectivity index (χ2n) is 6.08. The molecule has 0 unspecified atom stereocenters. The SMILES string of the molecule is O=C(CN1CCC(CO)CC1)NCCc1nc2ccccc2s1. The van der Waals surface area contributed by atoms with Crippen LogP contribution in [-0.2, 0) is 11.2 Å². The molecule has 0 aliphatic carbocycles. The normalized spacial score (nSPS) is 16.7. The first-order chi connectivity index (χ1) is 11.2. The molecule has 3 rings (SSSR count). The number of carbonyl (C=O) groups excluding carboxylic acids is 1. The van der Waals surface area contributed by atoms with Crippen molar-refractivity contribution in [3.05, 3.63) is 29.3 Å². The summed E-state index contributed by atoms with van der Waals surface area (Å²) in [4.78, 5) is 18.7. The summed E-state index contributed by atoms with van der Waals surface area (Å²) in [5, 5.41) is 13.2. The molecule has 1 aliphatic heterocycles. The number of piperidine rings is 1. The van der Waals surface area contributed by atoms with E-state index in [-0.39, 0.29) is 12.5 Å². The number of likely N-dealkylation sites (tertiary alicyclic amines) is 1. The number of aliphatic hydroxyl groups is 1. The van der Waals surface area contributed by atoms with Crippen molar-refractivity contribution in [2.24, 2.45) is 5.92 Å². The number of benzene rings is 1. The summed E-state index contributed by atoms with van der Waals surface area (Å²) < 4.78 is 1.19. The third-order valence-electron chi connectivity index (χ3n) is 4.33. The number of amides is 1. The zero-order chi connectivity index (χ0) is 16.1. The summed E-state index contributed by atoms with van der Waals surface area (Å²) in [6.07, 6.45) is 2.74. The molecule has 2 aromatic rings. The Morgan fingerprint density at radius 1 is 1.35 bits per heavy atom. The molecule has 0 saturated carbocycles. The maximum Gasteiger partial charge on any atom is 0.234 e. The predicted octanol–water partition coefficient (Wildman–Crippen LogP) is 1.66. The van der Waals surface area contributed by atoms with E-state index in [1.54, 1.807) is 11.3 Å². The highest BCUT2D eigenvalue weighted by Gasteiger charge is 2.19. The predicted molar refractivity (Wildman–Crippen MR) is 92.6 cm³/mol. The number of hydrogen-bond acceptors (Lipinski definition) is 5. The van der Waals surface area contributed by atoms with E-state index in [1.165, 1.54) is 4.70 Å². The van der Waals surface area contributed by atoms with Crippen LogP contribution in [0, 0.1) is 5.92 Å². The van der Waals surface area contributed by atoms with Crippen LogP contribution in [0.5, 0.6) is 0 Å². The van der Waals surface area contributed by atoms with Gasteiger partial charge in [-0.05, 0) is 44.0 Å². The Bertz CT molecular complexity index is 617. The minimum absolute atomic E-state index is 0.0774. The van der Waals surface area contributed by atoms with E-state index >= 15 is 0 Å². The van der Waals surface area contributed by atoms with E-state index in [1.807, 2.05) is 18.2 Å². The summed E-state index contributed by atoms with van der Waals surface area (Å²) in [6.45, 7) is 3.15. The molecule has 1 amide bonds. The quantitative estimate of drug-likeness (QED) is 0.844. The molecule has 2 N–H and O–H groups in total. The Kier molecular flexibility index (Phi) is 5.59. The van der Waals surface area contributed by atoms with Gasteiger partial charge in [-0.1, -0.05) is 12.1 Å². The Morgan fingerprint density at radius 3 is 2.87 bits per heavy atom. The highest BCUT2D eigenvalue weighted by molar-refractivity contribution is 7.18. The summed E-state index contributed by atoms with van der Waals surface area (Å²) in [5.74, 6) is 0.488. The number of thiazole rings is 1. The van der Waals surface area contributed by atoms with Crippen molar-refractivity contribution >= 4 is 27.5 Å². The first-order valence-corrected chi connectivity index (χ1v) is 9.00. The molecule has 0 radical (unpaired) electrons. The number of carbonyl (C=O) groups is 1. The molecule has 0 spiro atoms. The number of fused-ring (bicyclic) bond motifs is 1. The van der Waals surface area contributed by atoms with Crippen molar-refractivity contribution in [2.75, 3.05) is 32.8 Å². The molecule has 2 heterocycles. The van der Waals surface area contributed by atoms with Crippen LogP contribution in [0.3, 0.4) is 0 Å². The van der Waals surface area contributed by atoms with E-state index in [9.17, 15) is 4.79 Å². The van der Waals surface area contributed by atoms with Crippen molar-refractivity contribution in [1.82, 2.24) is 15.2 Å². The van der Waals surface area contributed by atoms with Gasteiger partial charge in [-0.15, -0.1) is 11.3 Å². The number of aliphatic hydroxyl groups excluding tert-OH is 1. The fourth-order valence-electron chi connectivity index (χ4n) is 2.92. The van der Waals surface area contributed by atoms with Crippen LogP contribution in [0.1, 0.15) is 17.8 Å². The summed E-state index contributed by atoms with van der Waals surface area (Å²) in [7, 11) is 0. The van der Waals surface area contributed by atoms with Crippen LogP contribution in [0.4, 0.5) is 0 Å². The molecule has 0 atom stereocenters. The second-order valence-corrected chi connectivity index (χ2v) is 7.19. The lowest BCUT2D eigenvalue weighted by atomic mass is 9.98. The van der Waals surface area contributed by atoms with Crippen LogP contribution in [-0.4, -0.2) is 53.7 Å². The molecule has 23 heavy (non-hydrogen) atoms. The number of aromatic nitrogens is 1. The smallest absolute Gasteiger partial charge is 0.234 e. The van der Waals surface area contributed by atoms with Crippen LogP contribution < -0.4 is 5.32 Å². The molecular formula is C17H23N3O2S. The van der Waals surface area contributed by atoms with Crippen LogP contribution in [0.2, 0.25) is 0 Å². The molecule has 1 aromatic heterocycles. The lowest BCUT2D eigenvalue weighted by molar-refractivity contribution is -0.122. The highest BCUT2D eigenvalue weighted by Crippen LogP contribution is 2.21. The van der Waals surface area contributed by atoms with Gasteiger partial charge in [-0.3, -0.25) is 9.69 Å². The highest BCUT2D eigenvalue weighted by atomic mass is 32.1. The lowest BCUT2D eigenvalue weighted by Crippen LogP contribution is -2.42. The van der Waals surface area contributed by atoms with Gasteiger partial charge in [0.2, 0.25) is 5.91 Å². The molecule has 1 aromatic carbocycles. The van der Waals surface area contributed by atoms with Crippen molar-refractivity contribution < 1.29 is 9.90 Å².